The molecule has 2 aliphatic rings. The molecule has 5 N–H and O–H groups in total. The molecule has 5 rings (SSSR count). The lowest BCUT2D eigenvalue weighted by atomic mass is 9.90. The lowest BCUT2D eigenvalue weighted by Crippen LogP contribution is -2.47. The van der Waals surface area contributed by atoms with Crippen molar-refractivity contribution in [3.63, 3.8) is 0 Å². The molecule has 1 saturated carbocycles. The number of aromatic nitrogens is 3. The fourth-order valence-electron chi connectivity index (χ4n) is 5.61. The van der Waals surface area contributed by atoms with E-state index in [1.807, 2.05) is 0 Å². The number of carbonyl (C=O) groups is 1. The van der Waals surface area contributed by atoms with Crippen LogP contribution in [0.1, 0.15) is 66.5 Å². The van der Waals surface area contributed by atoms with E-state index in [9.17, 15) is 38.1 Å². The third-order valence-electron chi connectivity index (χ3n) is 7.73. The number of phenolic OH excluding ortho intramolecular Hbond substituents is 1. The molecule has 1 aromatic carbocycles. The second-order valence-electron chi connectivity index (χ2n) is 10.3. The van der Waals surface area contributed by atoms with E-state index in [2.05, 4.69) is 10.3 Å². The maximum Gasteiger partial charge on any atom is 0.333 e. The van der Waals surface area contributed by atoms with Crippen LogP contribution in [0.3, 0.4) is 0 Å². The molecule has 1 saturated heterocycles. The average molecular weight is 563 g/mol. The van der Waals surface area contributed by atoms with Crippen molar-refractivity contribution in [2.24, 2.45) is 0 Å². The summed E-state index contributed by atoms with van der Waals surface area (Å²) in [6.07, 6.45) is 3.33. The lowest BCUT2D eigenvalue weighted by molar-refractivity contribution is 0.0919. The maximum atomic E-state index is 14.1. The number of aliphatic hydroxyl groups is 1. The Labute approximate surface area is 224 Å². The fourth-order valence-corrected chi connectivity index (χ4v) is 7.12. The van der Waals surface area contributed by atoms with Gasteiger partial charge in [0.1, 0.15) is 17.2 Å². The van der Waals surface area contributed by atoms with Crippen LogP contribution in [-0.4, -0.2) is 56.9 Å². The van der Waals surface area contributed by atoms with Gasteiger partial charge in [0.05, 0.1) is 23.8 Å². The Balaban J connectivity index is 1.40. The topological polar surface area (TPSA) is 167 Å². The molecule has 1 aliphatic heterocycles. The number of carbonyl (C=O) groups excluding carboxylic acids is 1. The van der Waals surface area contributed by atoms with Gasteiger partial charge in [-0.3, -0.25) is 27.8 Å². The van der Waals surface area contributed by atoms with Crippen LogP contribution >= 0.6 is 10.6 Å². The highest BCUT2D eigenvalue weighted by Crippen LogP contribution is 2.47. The first-order valence-corrected chi connectivity index (χ1v) is 14.8. The van der Waals surface area contributed by atoms with Crippen molar-refractivity contribution in [2.45, 2.75) is 63.3 Å². The molecule has 0 atom stereocenters. The van der Waals surface area contributed by atoms with E-state index in [0.717, 1.165) is 16.8 Å². The van der Waals surface area contributed by atoms with Gasteiger partial charge in [0.15, 0.2) is 0 Å². The smallest absolute Gasteiger partial charge is 0.333 e. The molecule has 11 nitrogen and oxygen atoms in total. The van der Waals surface area contributed by atoms with E-state index in [4.69, 9.17) is 0 Å². The quantitative estimate of drug-likeness (QED) is 0.316. The van der Waals surface area contributed by atoms with E-state index in [-0.39, 0.29) is 46.5 Å². The third-order valence-corrected chi connectivity index (χ3v) is 9.51. The van der Waals surface area contributed by atoms with Crippen molar-refractivity contribution < 1.29 is 28.5 Å². The predicted octanol–water partition coefficient (Wildman–Crippen LogP) is 2.89. The summed E-state index contributed by atoms with van der Waals surface area (Å²) in [5, 5.41) is 22.3. The summed E-state index contributed by atoms with van der Waals surface area (Å²) in [6.45, 7) is -0.272. The number of aliphatic hydroxyl groups excluding tert-OH is 1. The zero-order chi connectivity index (χ0) is 27.9. The highest BCUT2D eigenvalue weighted by molar-refractivity contribution is 8.24. The zero-order valence-electron chi connectivity index (χ0n) is 21.1. The minimum absolute atomic E-state index is 0.0125. The van der Waals surface area contributed by atoms with E-state index in [0.29, 0.717) is 44.1 Å². The summed E-state index contributed by atoms with van der Waals surface area (Å²) in [5.41, 5.74) is -0.569. The first kappa shape index (κ1) is 27.3. The Kier molecular flexibility index (Phi) is 7.51. The van der Waals surface area contributed by atoms with E-state index in [1.165, 1.54) is 22.8 Å². The van der Waals surface area contributed by atoms with Crippen molar-refractivity contribution in [2.75, 3.05) is 11.5 Å². The maximum absolute atomic E-state index is 14.1. The van der Waals surface area contributed by atoms with Crippen molar-refractivity contribution in [3.8, 4) is 5.75 Å². The van der Waals surface area contributed by atoms with Crippen molar-refractivity contribution in [3.05, 3.63) is 68.2 Å². The van der Waals surface area contributed by atoms with Gasteiger partial charge in [0.2, 0.25) is 0 Å². The summed E-state index contributed by atoms with van der Waals surface area (Å²) < 4.78 is 36.8. The van der Waals surface area contributed by atoms with Gasteiger partial charge in [0, 0.05) is 29.6 Å². The molecule has 0 radical (unpaired) electrons. The molecular weight excluding hydrogens is 531 g/mol. The van der Waals surface area contributed by atoms with Crippen LogP contribution < -0.4 is 16.6 Å². The number of nitrogens with one attached hydrogen (secondary N) is 1. The molecule has 3 aromatic rings. The van der Waals surface area contributed by atoms with Crippen molar-refractivity contribution >= 4 is 27.5 Å². The molecular formula is C26H31FN4O7S. The predicted molar refractivity (Wildman–Crippen MR) is 144 cm³/mol. The van der Waals surface area contributed by atoms with E-state index in [1.54, 1.807) is 0 Å². The van der Waals surface area contributed by atoms with Crippen LogP contribution in [0.2, 0.25) is 0 Å². The number of pyridine rings is 1. The Bertz CT molecular complexity index is 1520. The Morgan fingerprint density at radius 1 is 1.03 bits per heavy atom. The number of rotatable bonds is 5. The van der Waals surface area contributed by atoms with Crippen molar-refractivity contribution in [1.29, 1.82) is 0 Å². The molecule has 0 spiro atoms. The summed E-state index contributed by atoms with van der Waals surface area (Å²) >= 11 is 0. The van der Waals surface area contributed by atoms with Crippen LogP contribution in [0.5, 0.6) is 5.75 Å². The summed E-state index contributed by atoms with van der Waals surface area (Å²) in [4.78, 5) is 44.0. The minimum Gasteiger partial charge on any atom is -0.507 e. The van der Waals surface area contributed by atoms with Gasteiger partial charge in [-0.1, -0.05) is 6.07 Å². The number of nitrogens with zero attached hydrogens (tertiary/aromatic N) is 3. The molecule has 1 aliphatic carbocycles. The van der Waals surface area contributed by atoms with E-state index >= 15 is 0 Å². The second kappa shape index (κ2) is 10.7. The van der Waals surface area contributed by atoms with Gasteiger partial charge >= 0.3 is 5.69 Å². The highest BCUT2D eigenvalue weighted by Gasteiger charge is 2.32. The van der Waals surface area contributed by atoms with Gasteiger partial charge in [-0.05, 0) is 62.3 Å². The molecule has 0 bridgehead atoms. The summed E-state index contributed by atoms with van der Waals surface area (Å²) in [5.74, 6) is -1.12. The molecule has 39 heavy (non-hydrogen) atoms. The van der Waals surface area contributed by atoms with Gasteiger partial charge < -0.3 is 15.5 Å². The zero-order valence-corrected chi connectivity index (χ0v) is 21.9. The number of hydrogen-bond acceptors (Lipinski definition) is 8. The highest BCUT2D eigenvalue weighted by atomic mass is 32.3. The number of fused-ring (bicyclic) bond motifs is 1. The van der Waals surface area contributed by atoms with Crippen LogP contribution in [-0.2, 0) is 6.61 Å². The molecule has 2 fully saturated rings. The van der Waals surface area contributed by atoms with Crippen LogP contribution in [0.25, 0.3) is 11.0 Å². The summed E-state index contributed by atoms with van der Waals surface area (Å²) in [7, 11) is -2.71. The normalized spacial score (nSPS) is 22.5. The van der Waals surface area contributed by atoms with Gasteiger partial charge in [0.25, 0.3) is 11.5 Å². The largest absolute Gasteiger partial charge is 0.507 e. The monoisotopic (exact) mass is 562 g/mol. The second-order valence-corrected chi connectivity index (χ2v) is 12.7. The average Bonchev–Trinajstić information content (AvgIpc) is 2.91. The fraction of sp³-hybridized carbons (Fsp3) is 0.462. The molecule has 3 heterocycles. The molecule has 210 valence electrons. The molecule has 0 unspecified atom stereocenters. The van der Waals surface area contributed by atoms with Gasteiger partial charge in [-0.25, -0.2) is 14.2 Å². The van der Waals surface area contributed by atoms with Crippen molar-refractivity contribution in [1.82, 2.24) is 19.4 Å². The number of halogens is 1. The molecule has 13 heteroatoms. The molecule has 1 amide bonds. The van der Waals surface area contributed by atoms with Crippen LogP contribution in [0.15, 0.2) is 40.1 Å². The Morgan fingerprint density at radius 2 is 1.69 bits per heavy atom. The number of amides is 1. The number of benzene rings is 1. The van der Waals surface area contributed by atoms with E-state index < -0.39 is 45.6 Å². The third kappa shape index (κ3) is 5.44. The lowest BCUT2D eigenvalue weighted by Gasteiger charge is -2.40. The first-order valence-electron chi connectivity index (χ1n) is 12.9. The number of phenols is 1. The van der Waals surface area contributed by atoms with Crippen LogP contribution in [0, 0.1) is 5.82 Å². The van der Waals surface area contributed by atoms with Crippen LogP contribution in [0.4, 0.5) is 4.39 Å². The Morgan fingerprint density at radius 3 is 2.36 bits per heavy atom. The number of hydrogen-bond donors (Lipinski definition) is 5. The van der Waals surface area contributed by atoms with Gasteiger partial charge in [-0.15, -0.1) is 0 Å². The Hall–Kier alpha value is -3.26. The first-order chi connectivity index (χ1) is 18.6. The van der Waals surface area contributed by atoms with Gasteiger partial charge in [-0.2, -0.15) is 10.6 Å². The summed E-state index contributed by atoms with van der Waals surface area (Å²) in [6, 6.07) is 4.21. The number of aromatic hydroxyl groups is 1. The SMILES string of the molecule is O=C(NC1CCC(n2c(=O)c3cc(F)cnc3n(C3CCS(O)(O)CC3)c2=O)CC1)c1cc(CO)ccc1O. The minimum atomic E-state index is -2.71. The standard InChI is InChI=1S/C26H31FN4O7S/c27-16-12-21-23(28-13-16)30(19-7-9-39(37,38)10-8-19)26(36)31(25(21)35)18-4-2-17(3-5-18)29-24(34)20-11-15(14-32)1-6-22(20)33/h1,6,11-13,17-19,32-33,37-38H,2-5,7-10,14H2,(H,29,34). The molecule has 2 aromatic heterocycles.